The molecule has 0 heterocycles. The summed E-state index contributed by atoms with van der Waals surface area (Å²) in [5.74, 6) is 0.349. The molecule has 1 heteroatoms. The van der Waals surface area contributed by atoms with Crippen LogP contribution in [0.2, 0.25) is 0 Å². The topological polar surface area (TPSA) is 0 Å². The Labute approximate surface area is 155 Å². The van der Waals surface area contributed by atoms with Crippen molar-refractivity contribution < 1.29 is 4.39 Å². The van der Waals surface area contributed by atoms with Gasteiger partial charge in [-0.25, -0.2) is 4.39 Å². The van der Waals surface area contributed by atoms with Crippen molar-refractivity contribution in [2.75, 3.05) is 0 Å². The van der Waals surface area contributed by atoms with Crippen LogP contribution in [0.1, 0.15) is 67.7 Å². The zero-order valence-corrected chi connectivity index (χ0v) is 17.3. The lowest BCUT2D eigenvalue weighted by Gasteiger charge is -2.16. The van der Waals surface area contributed by atoms with Gasteiger partial charge in [0, 0.05) is 5.92 Å². The SMILES string of the molecule is C=C/C=C(\C=C/C)C(/C)=C(/C)C(C)/C(F)=C\C(=C/CC)CCC(C)C. The third-order valence-corrected chi connectivity index (χ3v) is 4.53. The van der Waals surface area contributed by atoms with Crippen molar-refractivity contribution in [3.63, 3.8) is 0 Å². The first kappa shape index (κ1) is 23.4. The van der Waals surface area contributed by atoms with Crippen LogP contribution < -0.4 is 0 Å². The molecular weight excluding hydrogens is 307 g/mol. The zero-order chi connectivity index (χ0) is 19.4. The average molecular weight is 345 g/mol. The molecule has 0 fully saturated rings. The average Bonchev–Trinajstić information content (AvgIpc) is 2.57. The molecule has 0 aliphatic carbocycles. The van der Waals surface area contributed by atoms with Crippen LogP contribution >= 0.6 is 0 Å². The van der Waals surface area contributed by atoms with Gasteiger partial charge in [-0.3, -0.25) is 0 Å². The highest BCUT2D eigenvalue weighted by atomic mass is 19.1. The third kappa shape index (κ3) is 8.86. The van der Waals surface area contributed by atoms with Gasteiger partial charge < -0.3 is 0 Å². The highest BCUT2D eigenvalue weighted by molar-refractivity contribution is 5.44. The van der Waals surface area contributed by atoms with Gasteiger partial charge in [-0.15, -0.1) is 0 Å². The van der Waals surface area contributed by atoms with Gasteiger partial charge in [-0.2, -0.15) is 0 Å². The second kappa shape index (κ2) is 12.7. The van der Waals surface area contributed by atoms with E-state index in [0.29, 0.717) is 5.92 Å². The molecule has 0 amide bonds. The van der Waals surface area contributed by atoms with Crippen LogP contribution in [0.5, 0.6) is 0 Å². The summed E-state index contributed by atoms with van der Waals surface area (Å²) in [4.78, 5) is 0. The first-order valence-corrected chi connectivity index (χ1v) is 9.47. The monoisotopic (exact) mass is 344 g/mol. The summed E-state index contributed by atoms with van der Waals surface area (Å²) in [6.45, 7) is 18.3. The van der Waals surface area contributed by atoms with E-state index in [1.807, 2.05) is 39.0 Å². The fourth-order valence-electron chi connectivity index (χ4n) is 2.62. The van der Waals surface area contributed by atoms with Crippen molar-refractivity contribution in [1.82, 2.24) is 0 Å². The molecule has 0 bridgehead atoms. The van der Waals surface area contributed by atoms with E-state index < -0.39 is 0 Å². The van der Waals surface area contributed by atoms with Gasteiger partial charge in [-0.05, 0) is 68.7 Å². The van der Waals surface area contributed by atoms with Crippen LogP contribution in [0, 0.1) is 11.8 Å². The molecule has 25 heavy (non-hydrogen) atoms. The highest BCUT2D eigenvalue weighted by Gasteiger charge is 2.14. The van der Waals surface area contributed by atoms with E-state index in [4.69, 9.17) is 0 Å². The Morgan fingerprint density at radius 1 is 1.16 bits per heavy atom. The van der Waals surface area contributed by atoms with Crippen LogP contribution in [0.25, 0.3) is 0 Å². The standard InChI is InChI=1S/C24H37F/c1-9-12-22(16-15-18(4)5)17-24(25)21(8)19(6)20(7)23(13-10-2)14-11-3/h10-14,17-18,21H,2,9,15-16H2,1,3-8H3/b14-11-,20-19-,22-12-,23-13+,24-17+. The molecule has 1 unspecified atom stereocenters. The molecule has 0 nitrogen and oxygen atoms in total. The molecule has 0 saturated heterocycles. The molecule has 140 valence electrons. The van der Waals surface area contributed by atoms with Gasteiger partial charge in [0.1, 0.15) is 5.83 Å². The molecule has 0 radical (unpaired) electrons. The molecule has 0 spiro atoms. The van der Waals surface area contributed by atoms with Gasteiger partial charge in [0.25, 0.3) is 0 Å². The maximum Gasteiger partial charge on any atom is 0.107 e. The summed E-state index contributed by atoms with van der Waals surface area (Å²) in [6, 6.07) is 0. The zero-order valence-electron chi connectivity index (χ0n) is 17.3. The van der Waals surface area contributed by atoms with Crippen LogP contribution in [0.4, 0.5) is 4.39 Å². The molecule has 0 saturated carbocycles. The van der Waals surface area contributed by atoms with E-state index in [1.165, 1.54) is 0 Å². The minimum absolute atomic E-state index is 0.0567. The largest absolute Gasteiger partial charge is 0.211 e. The van der Waals surface area contributed by atoms with Crippen LogP contribution in [-0.4, -0.2) is 0 Å². The van der Waals surface area contributed by atoms with Crippen molar-refractivity contribution >= 4 is 0 Å². The normalized spacial score (nSPS) is 16.4. The Bertz CT molecular complexity index is 565. The molecule has 0 aliphatic heterocycles. The lowest BCUT2D eigenvalue weighted by atomic mass is 9.91. The van der Waals surface area contributed by atoms with Crippen molar-refractivity contribution in [2.45, 2.75) is 67.7 Å². The van der Waals surface area contributed by atoms with E-state index in [9.17, 15) is 4.39 Å². The summed E-state index contributed by atoms with van der Waals surface area (Å²) in [7, 11) is 0. The maximum atomic E-state index is 14.9. The molecule has 0 aromatic rings. The van der Waals surface area contributed by atoms with Gasteiger partial charge in [0.05, 0.1) is 0 Å². The number of hydrogen-bond donors (Lipinski definition) is 0. The number of allylic oxidation sites excluding steroid dienone is 11. The van der Waals surface area contributed by atoms with E-state index in [-0.39, 0.29) is 11.7 Å². The predicted molar refractivity (Wildman–Crippen MR) is 112 cm³/mol. The lowest BCUT2D eigenvalue weighted by Crippen LogP contribution is -2.02. The quantitative estimate of drug-likeness (QED) is 0.350. The van der Waals surface area contributed by atoms with Crippen LogP contribution in [0.3, 0.4) is 0 Å². The third-order valence-electron chi connectivity index (χ3n) is 4.53. The Balaban J connectivity index is 5.56. The minimum Gasteiger partial charge on any atom is -0.211 e. The first-order valence-electron chi connectivity index (χ1n) is 9.47. The molecule has 0 aromatic carbocycles. The number of rotatable bonds is 10. The minimum atomic E-state index is -0.224. The van der Waals surface area contributed by atoms with Crippen LogP contribution in [0.15, 0.2) is 71.2 Å². The lowest BCUT2D eigenvalue weighted by molar-refractivity contribution is 0.528. The number of halogens is 1. The molecular formula is C24H37F. The van der Waals surface area contributed by atoms with E-state index in [0.717, 1.165) is 41.6 Å². The second-order valence-electron chi connectivity index (χ2n) is 7.04. The molecule has 1 atom stereocenters. The summed E-state index contributed by atoms with van der Waals surface area (Å²) in [5, 5.41) is 0. The van der Waals surface area contributed by atoms with E-state index in [1.54, 1.807) is 12.2 Å². The Kier molecular flexibility index (Phi) is 11.9. The summed E-state index contributed by atoms with van der Waals surface area (Å²) < 4.78 is 14.9. The molecule has 0 rings (SSSR count). The molecule has 0 N–H and O–H groups in total. The smallest absolute Gasteiger partial charge is 0.107 e. The molecule has 0 aliphatic rings. The first-order chi connectivity index (χ1) is 11.8. The summed E-state index contributed by atoms with van der Waals surface area (Å²) in [6.07, 6.45) is 14.6. The van der Waals surface area contributed by atoms with Gasteiger partial charge in [0.15, 0.2) is 0 Å². The van der Waals surface area contributed by atoms with Gasteiger partial charge >= 0.3 is 0 Å². The fourth-order valence-corrected chi connectivity index (χ4v) is 2.62. The maximum absolute atomic E-state index is 14.9. The summed E-state index contributed by atoms with van der Waals surface area (Å²) >= 11 is 0. The van der Waals surface area contributed by atoms with Crippen LogP contribution in [-0.2, 0) is 0 Å². The number of hydrogen-bond acceptors (Lipinski definition) is 0. The predicted octanol–water partition coefficient (Wildman–Crippen LogP) is 8.27. The highest BCUT2D eigenvalue weighted by Crippen LogP contribution is 2.29. The Hall–Kier alpha value is -1.63. The summed E-state index contributed by atoms with van der Waals surface area (Å²) in [5.41, 5.74) is 4.36. The van der Waals surface area contributed by atoms with Gasteiger partial charge in [0.2, 0.25) is 0 Å². The van der Waals surface area contributed by atoms with E-state index >= 15 is 0 Å². The van der Waals surface area contributed by atoms with Crippen molar-refractivity contribution in [2.24, 2.45) is 11.8 Å². The van der Waals surface area contributed by atoms with E-state index in [2.05, 4.69) is 40.3 Å². The van der Waals surface area contributed by atoms with Crippen molar-refractivity contribution in [3.05, 3.63) is 71.2 Å². The Morgan fingerprint density at radius 2 is 1.80 bits per heavy atom. The van der Waals surface area contributed by atoms with Crippen molar-refractivity contribution in [1.29, 1.82) is 0 Å². The Morgan fingerprint density at radius 3 is 2.28 bits per heavy atom. The second-order valence-corrected chi connectivity index (χ2v) is 7.04. The fraction of sp³-hybridized carbons (Fsp3) is 0.500. The van der Waals surface area contributed by atoms with Gasteiger partial charge in [-0.1, -0.05) is 70.2 Å². The van der Waals surface area contributed by atoms with Crippen molar-refractivity contribution in [3.8, 4) is 0 Å². The molecule has 0 aromatic heterocycles.